The van der Waals surface area contributed by atoms with Crippen LogP contribution in [-0.4, -0.2) is 11.1 Å². The molecule has 0 saturated carbocycles. The number of anilines is 1. The van der Waals surface area contributed by atoms with Gasteiger partial charge in [-0.25, -0.2) is 9.18 Å². The third-order valence-corrected chi connectivity index (χ3v) is 5.68. The first-order chi connectivity index (χ1) is 14.3. The largest absolute Gasteiger partial charge is 0.478 e. The highest BCUT2D eigenvalue weighted by atomic mass is 19.1. The molecule has 1 atom stereocenters. The van der Waals surface area contributed by atoms with Gasteiger partial charge in [-0.05, 0) is 82.6 Å². The van der Waals surface area contributed by atoms with Crippen LogP contribution in [0.2, 0.25) is 0 Å². The molecule has 0 aromatic heterocycles. The fraction of sp³-hybridized carbons (Fsp3) is 0.200. The summed E-state index contributed by atoms with van der Waals surface area (Å²) in [5.41, 5.74) is 4.79. The number of carbonyl (C=O) groups is 1. The number of benzene rings is 3. The van der Waals surface area contributed by atoms with Crippen molar-refractivity contribution in [1.29, 1.82) is 5.26 Å². The molecule has 1 aliphatic heterocycles. The number of aromatic carboxylic acids is 1. The fourth-order valence-corrected chi connectivity index (χ4v) is 4.18. The average Bonchev–Trinajstić information content (AvgIpc) is 2.71. The van der Waals surface area contributed by atoms with Crippen LogP contribution in [0.5, 0.6) is 0 Å². The van der Waals surface area contributed by atoms with E-state index in [0.717, 1.165) is 27.9 Å². The molecule has 3 aromatic rings. The van der Waals surface area contributed by atoms with Crippen LogP contribution in [0.4, 0.5) is 10.1 Å². The number of hydrogen-bond donors (Lipinski definition) is 2. The first-order valence-corrected chi connectivity index (χ1v) is 9.70. The topological polar surface area (TPSA) is 73.1 Å². The lowest BCUT2D eigenvalue weighted by Gasteiger charge is -2.41. The number of carboxylic acids is 1. The van der Waals surface area contributed by atoms with Gasteiger partial charge >= 0.3 is 5.97 Å². The summed E-state index contributed by atoms with van der Waals surface area (Å²) in [4.78, 5) is 11.3. The van der Waals surface area contributed by atoms with Crippen LogP contribution in [0.25, 0.3) is 11.1 Å². The van der Waals surface area contributed by atoms with Crippen molar-refractivity contribution < 1.29 is 14.3 Å². The van der Waals surface area contributed by atoms with Gasteiger partial charge in [-0.2, -0.15) is 5.26 Å². The molecule has 30 heavy (non-hydrogen) atoms. The zero-order valence-electron chi connectivity index (χ0n) is 16.7. The van der Waals surface area contributed by atoms with E-state index < -0.39 is 5.97 Å². The number of nitrogens with zero attached hydrogens (tertiary/aromatic N) is 1. The maximum Gasteiger partial charge on any atom is 0.335 e. The Kier molecular flexibility index (Phi) is 4.79. The van der Waals surface area contributed by atoms with Crippen molar-refractivity contribution in [1.82, 2.24) is 0 Å². The Morgan fingerprint density at radius 1 is 1.10 bits per heavy atom. The highest BCUT2D eigenvalue weighted by molar-refractivity contribution is 5.88. The average molecular weight is 400 g/mol. The lowest BCUT2D eigenvalue weighted by atomic mass is 9.72. The Balaban J connectivity index is 1.73. The molecule has 0 radical (unpaired) electrons. The van der Waals surface area contributed by atoms with E-state index in [4.69, 9.17) is 5.26 Å². The summed E-state index contributed by atoms with van der Waals surface area (Å²) in [6.07, 6.45) is 0.670. The van der Waals surface area contributed by atoms with E-state index in [-0.39, 0.29) is 22.8 Å². The Morgan fingerprint density at radius 2 is 1.83 bits per heavy atom. The van der Waals surface area contributed by atoms with Crippen LogP contribution >= 0.6 is 0 Å². The minimum atomic E-state index is -0.949. The molecule has 0 aliphatic carbocycles. The second kappa shape index (κ2) is 7.31. The molecular formula is C25H21FN2O2. The molecule has 1 aliphatic rings. The molecule has 0 fully saturated rings. The SMILES string of the molecule is CC1(C)Cc2cc(C(=O)O)ccc2NC1c1cc(F)cc(-c2ccc(C#N)cc2)c1. The molecule has 0 amide bonds. The van der Waals surface area contributed by atoms with Crippen LogP contribution in [0.3, 0.4) is 0 Å². The van der Waals surface area contributed by atoms with Crippen LogP contribution in [0, 0.1) is 22.6 Å². The quantitative estimate of drug-likeness (QED) is 0.583. The van der Waals surface area contributed by atoms with E-state index in [1.807, 2.05) is 18.2 Å². The minimum Gasteiger partial charge on any atom is -0.478 e. The summed E-state index contributed by atoms with van der Waals surface area (Å²) in [7, 11) is 0. The monoisotopic (exact) mass is 400 g/mol. The standard InChI is InChI=1S/C25H21FN2O2/c1-25(2)13-20-9-17(24(29)30)7-8-22(20)28-23(25)19-10-18(11-21(26)12-19)16-5-3-15(14-27)4-6-16/h3-12,23,28H,13H2,1-2H3,(H,29,30). The molecule has 4 rings (SSSR count). The van der Waals surface area contributed by atoms with Gasteiger partial charge in [0, 0.05) is 5.69 Å². The summed E-state index contributed by atoms with van der Waals surface area (Å²) in [5.74, 6) is -1.27. The van der Waals surface area contributed by atoms with Gasteiger partial charge in [-0.1, -0.05) is 26.0 Å². The third-order valence-electron chi connectivity index (χ3n) is 5.68. The van der Waals surface area contributed by atoms with Crippen molar-refractivity contribution in [3.05, 3.63) is 88.7 Å². The predicted octanol–water partition coefficient (Wildman–Crippen LogP) is 5.80. The van der Waals surface area contributed by atoms with Crippen LogP contribution in [0.15, 0.2) is 60.7 Å². The van der Waals surface area contributed by atoms with Crippen molar-refractivity contribution in [3.8, 4) is 17.2 Å². The molecule has 0 spiro atoms. The number of carboxylic acid groups (broad SMARTS) is 1. The van der Waals surface area contributed by atoms with Crippen molar-refractivity contribution in [2.24, 2.45) is 5.41 Å². The van der Waals surface area contributed by atoms with Crippen LogP contribution in [-0.2, 0) is 6.42 Å². The zero-order valence-corrected chi connectivity index (χ0v) is 16.7. The lowest BCUT2D eigenvalue weighted by Crippen LogP contribution is -2.35. The Hall–Kier alpha value is -3.65. The van der Waals surface area contributed by atoms with Crippen molar-refractivity contribution in [2.45, 2.75) is 26.3 Å². The number of nitrogens with one attached hydrogen (secondary N) is 1. The summed E-state index contributed by atoms with van der Waals surface area (Å²) in [5, 5.41) is 21.8. The molecule has 4 nitrogen and oxygen atoms in total. The minimum absolute atomic E-state index is 0.145. The smallest absolute Gasteiger partial charge is 0.335 e. The Bertz CT molecular complexity index is 1180. The van der Waals surface area contributed by atoms with Gasteiger partial charge in [0.15, 0.2) is 0 Å². The predicted molar refractivity (Wildman–Crippen MR) is 114 cm³/mol. The van der Waals surface area contributed by atoms with E-state index in [1.165, 1.54) is 6.07 Å². The van der Waals surface area contributed by atoms with E-state index >= 15 is 0 Å². The van der Waals surface area contributed by atoms with Crippen LogP contribution < -0.4 is 5.32 Å². The van der Waals surface area contributed by atoms with Crippen molar-refractivity contribution in [3.63, 3.8) is 0 Å². The molecule has 3 aromatic carbocycles. The van der Waals surface area contributed by atoms with E-state index in [1.54, 1.807) is 36.4 Å². The van der Waals surface area contributed by atoms with Gasteiger partial charge < -0.3 is 10.4 Å². The molecule has 1 heterocycles. The van der Waals surface area contributed by atoms with Crippen molar-refractivity contribution >= 4 is 11.7 Å². The molecule has 5 heteroatoms. The summed E-state index contributed by atoms with van der Waals surface area (Å²) in [6, 6.07) is 19.1. The van der Waals surface area contributed by atoms with Crippen molar-refractivity contribution in [2.75, 3.05) is 5.32 Å². The first-order valence-electron chi connectivity index (χ1n) is 9.70. The van der Waals surface area contributed by atoms with Gasteiger partial charge in [0.25, 0.3) is 0 Å². The van der Waals surface area contributed by atoms with Gasteiger partial charge in [0.05, 0.1) is 23.2 Å². The first kappa shape index (κ1) is 19.7. The molecule has 1 unspecified atom stereocenters. The Labute approximate surface area is 174 Å². The molecule has 150 valence electrons. The normalized spacial score (nSPS) is 16.8. The van der Waals surface area contributed by atoms with Gasteiger partial charge in [0.2, 0.25) is 0 Å². The maximum atomic E-state index is 14.6. The van der Waals surface area contributed by atoms with Gasteiger partial charge in [0.1, 0.15) is 5.82 Å². The summed E-state index contributed by atoms with van der Waals surface area (Å²) >= 11 is 0. The lowest BCUT2D eigenvalue weighted by molar-refractivity contribution is 0.0696. The Morgan fingerprint density at radius 3 is 2.50 bits per heavy atom. The molecule has 2 N–H and O–H groups in total. The molecule has 0 bridgehead atoms. The number of nitriles is 1. The summed E-state index contributed by atoms with van der Waals surface area (Å²) < 4.78 is 14.6. The van der Waals surface area contributed by atoms with Gasteiger partial charge in [-0.15, -0.1) is 0 Å². The zero-order chi connectivity index (χ0) is 21.5. The second-order valence-electron chi connectivity index (χ2n) is 8.38. The summed E-state index contributed by atoms with van der Waals surface area (Å²) in [6.45, 7) is 4.18. The van der Waals surface area contributed by atoms with E-state index in [9.17, 15) is 14.3 Å². The third kappa shape index (κ3) is 3.65. The number of hydrogen-bond acceptors (Lipinski definition) is 3. The number of rotatable bonds is 3. The fourth-order valence-electron chi connectivity index (χ4n) is 4.18. The second-order valence-corrected chi connectivity index (χ2v) is 8.38. The van der Waals surface area contributed by atoms with Crippen LogP contribution in [0.1, 0.15) is 46.9 Å². The number of fused-ring (bicyclic) bond motifs is 1. The van der Waals surface area contributed by atoms with E-state index in [2.05, 4.69) is 25.2 Å². The highest BCUT2D eigenvalue weighted by Gasteiger charge is 2.36. The van der Waals surface area contributed by atoms with Gasteiger partial charge in [-0.3, -0.25) is 0 Å². The van der Waals surface area contributed by atoms with E-state index in [0.29, 0.717) is 12.0 Å². The molecule has 0 saturated heterocycles. The molecular weight excluding hydrogens is 379 g/mol. The highest BCUT2D eigenvalue weighted by Crippen LogP contribution is 2.45. The maximum absolute atomic E-state index is 14.6. The number of halogens is 1.